The molecule has 0 fully saturated rings. The SMILES string of the molecule is Cc1cccc(C(=O)NCCc2cc3cc(C)cc(C)c3[nH]c2=O)c1. The smallest absolute Gasteiger partial charge is 0.251 e. The number of amides is 1. The Balaban J connectivity index is 1.74. The van der Waals surface area contributed by atoms with Crippen molar-refractivity contribution in [2.24, 2.45) is 0 Å². The number of carbonyl (C=O) groups excluding carboxylic acids is 1. The van der Waals surface area contributed by atoms with Gasteiger partial charge in [-0.25, -0.2) is 0 Å². The Morgan fingerprint density at radius 3 is 2.60 bits per heavy atom. The van der Waals surface area contributed by atoms with Crippen LogP contribution in [-0.4, -0.2) is 17.4 Å². The summed E-state index contributed by atoms with van der Waals surface area (Å²) >= 11 is 0. The van der Waals surface area contributed by atoms with E-state index >= 15 is 0 Å². The lowest BCUT2D eigenvalue weighted by Gasteiger charge is -2.08. The van der Waals surface area contributed by atoms with Gasteiger partial charge in [0.15, 0.2) is 0 Å². The number of hydrogen-bond acceptors (Lipinski definition) is 2. The van der Waals surface area contributed by atoms with E-state index in [1.807, 2.05) is 45.0 Å². The maximum atomic E-state index is 12.3. The molecule has 1 aromatic heterocycles. The Labute approximate surface area is 146 Å². The molecule has 0 aliphatic carbocycles. The highest BCUT2D eigenvalue weighted by Gasteiger charge is 2.08. The number of fused-ring (bicyclic) bond motifs is 1. The second-order valence-electron chi connectivity index (χ2n) is 6.55. The first-order valence-corrected chi connectivity index (χ1v) is 8.42. The zero-order chi connectivity index (χ0) is 18.0. The van der Waals surface area contributed by atoms with E-state index < -0.39 is 0 Å². The minimum atomic E-state index is -0.118. The lowest BCUT2D eigenvalue weighted by molar-refractivity contribution is 0.0954. The molecule has 1 amide bonds. The van der Waals surface area contributed by atoms with Gasteiger partial charge >= 0.3 is 0 Å². The van der Waals surface area contributed by atoms with Crippen LogP contribution in [0.1, 0.15) is 32.6 Å². The summed E-state index contributed by atoms with van der Waals surface area (Å²) < 4.78 is 0. The molecule has 0 saturated carbocycles. The number of nitrogens with one attached hydrogen (secondary N) is 2. The molecule has 3 rings (SSSR count). The highest BCUT2D eigenvalue weighted by atomic mass is 16.1. The average Bonchev–Trinajstić information content (AvgIpc) is 2.56. The maximum absolute atomic E-state index is 12.3. The van der Waals surface area contributed by atoms with Gasteiger partial charge in [-0.1, -0.05) is 29.3 Å². The second-order valence-corrected chi connectivity index (χ2v) is 6.55. The lowest BCUT2D eigenvalue weighted by Crippen LogP contribution is -2.27. The molecule has 128 valence electrons. The molecule has 0 spiro atoms. The maximum Gasteiger partial charge on any atom is 0.251 e. The average molecular weight is 334 g/mol. The monoisotopic (exact) mass is 334 g/mol. The zero-order valence-electron chi connectivity index (χ0n) is 14.8. The number of aromatic nitrogens is 1. The highest BCUT2D eigenvalue weighted by molar-refractivity contribution is 5.94. The highest BCUT2D eigenvalue weighted by Crippen LogP contribution is 2.18. The van der Waals surface area contributed by atoms with Crippen LogP contribution in [0.4, 0.5) is 0 Å². The number of aromatic amines is 1. The van der Waals surface area contributed by atoms with E-state index in [9.17, 15) is 9.59 Å². The Bertz CT molecular complexity index is 1000. The van der Waals surface area contributed by atoms with Crippen LogP contribution in [0.15, 0.2) is 47.3 Å². The third kappa shape index (κ3) is 3.79. The van der Waals surface area contributed by atoms with Crippen LogP contribution in [-0.2, 0) is 6.42 Å². The topological polar surface area (TPSA) is 62.0 Å². The van der Waals surface area contributed by atoms with Crippen molar-refractivity contribution in [3.8, 4) is 0 Å². The molecule has 0 atom stereocenters. The van der Waals surface area contributed by atoms with Crippen LogP contribution in [0, 0.1) is 20.8 Å². The Kier molecular flexibility index (Phi) is 4.70. The van der Waals surface area contributed by atoms with Gasteiger partial charge in [0, 0.05) is 17.7 Å². The fourth-order valence-corrected chi connectivity index (χ4v) is 3.12. The molecule has 0 aliphatic rings. The van der Waals surface area contributed by atoms with Gasteiger partial charge in [-0.3, -0.25) is 9.59 Å². The predicted octanol–water partition coefficient (Wildman–Crippen LogP) is 3.43. The van der Waals surface area contributed by atoms with Crippen LogP contribution >= 0.6 is 0 Å². The van der Waals surface area contributed by atoms with Crippen molar-refractivity contribution < 1.29 is 4.79 Å². The van der Waals surface area contributed by atoms with Crippen molar-refractivity contribution in [3.05, 3.63) is 80.6 Å². The van der Waals surface area contributed by atoms with Crippen LogP contribution in [0.25, 0.3) is 10.9 Å². The molecule has 0 aliphatic heterocycles. The number of benzene rings is 2. The van der Waals surface area contributed by atoms with E-state index in [0.29, 0.717) is 24.1 Å². The summed E-state index contributed by atoms with van der Waals surface area (Å²) in [6.07, 6.45) is 0.496. The fourth-order valence-electron chi connectivity index (χ4n) is 3.12. The Morgan fingerprint density at radius 2 is 1.84 bits per heavy atom. The van der Waals surface area contributed by atoms with E-state index in [4.69, 9.17) is 0 Å². The molecule has 4 nitrogen and oxygen atoms in total. The summed E-state index contributed by atoms with van der Waals surface area (Å²) in [6.45, 7) is 6.41. The molecule has 0 radical (unpaired) electrons. The molecular formula is C21H22N2O2. The van der Waals surface area contributed by atoms with Gasteiger partial charge < -0.3 is 10.3 Å². The van der Waals surface area contributed by atoms with Gasteiger partial charge in [-0.15, -0.1) is 0 Å². The van der Waals surface area contributed by atoms with Crippen LogP contribution in [0.2, 0.25) is 0 Å². The molecule has 1 heterocycles. The van der Waals surface area contributed by atoms with Crippen LogP contribution < -0.4 is 10.9 Å². The number of H-pyrrole nitrogens is 1. The van der Waals surface area contributed by atoms with Crippen molar-refractivity contribution in [2.45, 2.75) is 27.2 Å². The summed E-state index contributed by atoms with van der Waals surface area (Å²) in [4.78, 5) is 27.4. The van der Waals surface area contributed by atoms with Crippen molar-refractivity contribution in [2.75, 3.05) is 6.54 Å². The van der Waals surface area contributed by atoms with Gasteiger partial charge in [0.2, 0.25) is 0 Å². The standard InChI is InChI=1S/C21H22N2O2/c1-13-5-4-6-16(10-13)20(24)22-8-7-17-12-18-11-14(2)9-15(3)19(18)23-21(17)25/h4-6,9-12H,7-8H2,1-3H3,(H,22,24)(H,23,25). The first-order valence-electron chi connectivity index (χ1n) is 8.42. The molecule has 25 heavy (non-hydrogen) atoms. The van der Waals surface area contributed by atoms with Crippen molar-refractivity contribution in [1.29, 1.82) is 0 Å². The summed E-state index contributed by atoms with van der Waals surface area (Å²) in [5.41, 5.74) is 5.37. The zero-order valence-corrected chi connectivity index (χ0v) is 14.8. The van der Waals surface area contributed by atoms with E-state index in [2.05, 4.69) is 22.4 Å². The van der Waals surface area contributed by atoms with E-state index in [1.54, 1.807) is 6.07 Å². The molecule has 0 unspecified atom stereocenters. The Hall–Kier alpha value is -2.88. The van der Waals surface area contributed by atoms with Crippen LogP contribution in [0.5, 0.6) is 0 Å². The quantitative estimate of drug-likeness (QED) is 0.768. The van der Waals surface area contributed by atoms with E-state index in [0.717, 1.165) is 27.6 Å². The molecule has 2 aromatic carbocycles. The van der Waals surface area contributed by atoms with Crippen LogP contribution in [0.3, 0.4) is 0 Å². The predicted molar refractivity (Wildman–Crippen MR) is 101 cm³/mol. The van der Waals surface area contributed by atoms with Gasteiger partial charge in [-0.05, 0) is 62.4 Å². The lowest BCUT2D eigenvalue weighted by atomic mass is 10.0. The number of carbonyl (C=O) groups is 1. The summed E-state index contributed by atoms with van der Waals surface area (Å²) in [5, 5.41) is 3.91. The molecule has 4 heteroatoms. The number of hydrogen-bond donors (Lipinski definition) is 2. The van der Waals surface area contributed by atoms with Crippen molar-refractivity contribution in [1.82, 2.24) is 10.3 Å². The number of aryl methyl sites for hydroxylation is 3. The van der Waals surface area contributed by atoms with Gasteiger partial charge in [-0.2, -0.15) is 0 Å². The number of pyridine rings is 1. The first-order chi connectivity index (χ1) is 11.9. The second kappa shape index (κ2) is 6.93. The van der Waals surface area contributed by atoms with Crippen molar-refractivity contribution >= 4 is 16.8 Å². The molecule has 0 bridgehead atoms. The molecule has 0 saturated heterocycles. The summed E-state index contributed by atoms with van der Waals surface area (Å²) in [6, 6.07) is 13.5. The molecule has 3 aromatic rings. The Morgan fingerprint density at radius 1 is 1.04 bits per heavy atom. The third-order valence-electron chi connectivity index (χ3n) is 4.33. The van der Waals surface area contributed by atoms with E-state index in [-0.39, 0.29) is 11.5 Å². The minimum Gasteiger partial charge on any atom is -0.352 e. The normalized spacial score (nSPS) is 10.8. The van der Waals surface area contributed by atoms with Gasteiger partial charge in [0.25, 0.3) is 11.5 Å². The molecular weight excluding hydrogens is 312 g/mol. The van der Waals surface area contributed by atoms with Gasteiger partial charge in [0.1, 0.15) is 0 Å². The largest absolute Gasteiger partial charge is 0.352 e. The molecule has 2 N–H and O–H groups in total. The third-order valence-corrected chi connectivity index (χ3v) is 4.33. The van der Waals surface area contributed by atoms with Gasteiger partial charge in [0.05, 0.1) is 5.52 Å². The van der Waals surface area contributed by atoms with Crippen molar-refractivity contribution in [3.63, 3.8) is 0 Å². The summed E-state index contributed by atoms with van der Waals surface area (Å²) in [7, 11) is 0. The summed E-state index contributed by atoms with van der Waals surface area (Å²) in [5.74, 6) is -0.118. The fraction of sp³-hybridized carbons (Fsp3) is 0.238. The van der Waals surface area contributed by atoms with E-state index in [1.165, 1.54) is 0 Å². The number of rotatable bonds is 4. The minimum absolute atomic E-state index is 0.0933. The first kappa shape index (κ1) is 17.0.